The van der Waals surface area contributed by atoms with Crippen molar-refractivity contribution in [3.05, 3.63) is 65.2 Å². The van der Waals surface area contributed by atoms with Gasteiger partial charge in [0.1, 0.15) is 0 Å². The number of hydrogen-bond acceptors (Lipinski definition) is 1. The van der Waals surface area contributed by atoms with Crippen LogP contribution in [0, 0.1) is 13.8 Å². The summed E-state index contributed by atoms with van der Waals surface area (Å²) in [4.78, 5) is 4.58. The summed E-state index contributed by atoms with van der Waals surface area (Å²) < 4.78 is 0. The van der Waals surface area contributed by atoms with Gasteiger partial charge in [0, 0.05) is 12.6 Å². The molecule has 0 fully saturated rings. The van der Waals surface area contributed by atoms with E-state index in [4.69, 9.17) is 0 Å². The molecule has 0 aliphatic rings. The maximum atomic E-state index is 4.58. The topological polar surface area (TPSA) is 12.4 Å². The van der Waals surface area contributed by atoms with E-state index in [9.17, 15) is 0 Å². The zero-order chi connectivity index (χ0) is 12.1. The van der Waals surface area contributed by atoms with Gasteiger partial charge < -0.3 is 0 Å². The highest BCUT2D eigenvalue weighted by molar-refractivity contribution is 5.68. The normalized spacial score (nSPS) is 10.9. The van der Waals surface area contributed by atoms with Crippen LogP contribution in [0.2, 0.25) is 0 Å². The molecule has 2 rings (SSSR count). The van der Waals surface area contributed by atoms with Gasteiger partial charge in [0.05, 0.1) is 5.69 Å². The number of aliphatic imine (C=N–C) groups is 1. The van der Waals surface area contributed by atoms with Crippen molar-refractivity contribution in [3.63, 3.8) is 0 Å². The second-order valence-electron chi connectivity index (χ2n) is 4.24. The van der Waals surface area contributed by atoms with Crippen LogP contribution in [0.1, 0.15) is 16.7 Å². The predicted molar refractivity (Wildman–Crippen MR) is 74.2 cm³/mol. The van der Waals surface area contributed by atoms with E-state index in [2.05, 4.69) is 61.3 Å². The summed E-state index contributed by atoms with van der Waals surface area (Å²) in [5.41, 5.74) is 4.86. The van der Waals surface area contributed by atoms with Gasteiger partial charge in [-0.1, -0.05) is 48.5 Å². The Kier molecular flexibility index (Phi) is 3.71. The Morgan fingerprint density at radius 2 is 1.53 bits per heavy atom. The molecular weight excluding hydrogens is 206 g/mol. The average molecular weight is 223 g/mol. The van der Waals surface area contributed by atoms with Crippen molar-refractivity contribution < 1.29 is 0 Å². The van der Waals surface area contributed by atoms with Crippen molar-refractivity contribution in [2.24, 2.45) is 4.99 Å². The van der Waals surface area contributed by atoms with Crippen LogP contribution in [-0.4, -0.2) is 6.21 Å². The Morgan fingerprint density at radius 1 is 0.882 bits per heavy atom. The molecule has 2 aromatic carbocycles. The van der Waals surface area contributed by atoms with Crippen molar-refractivity contribution in [1.29, 1.82) is 0 Å². The Bertz CT molecular complexity index is 492. The molecule has 0 atom stereocenters. The zero-order valence-electron chi connectivity index (χ0n) is 10.4. The SMILES string of the molecule is Cc1cccc(C)c1N=CCc1ccccc1. The van der Waals surface area contributed by atoms with Gasteiger partial charge in [-0.15, -0.1) is 0 Å². The molecule has 0 saturated heterocycles. The lowest BCUT2D eigenvalue weighted by Crippen LogP contribution is -1.86. The minimum Gasteiger partial charge on any atom is -0.260 e. The maximum Gasteiger partial charge on any atom is 0.0684 e. The molecule has 2 aromatic rings. The first-order chi connectivity index (χ1) is 8.27. The highest BCUT2D eigenvalue weighted by Crippen LogP contribution is 2.22. The van der Waals surface area contributed by atoms with Crippen LogP contribution in [0.5, 0.6) is 0 Å². The number of nitrogens with zero attached hydrogens (tertiary/aromatic N) is 1. The molecule has 1 nitrogen and oxygen atoms in total. The monoisotopic (exact) mass is 223 g/mol. The summed E-state index contributed by atoms with van der Waals surface area (Å²) in [5, 5.41) is 0. The highest BCUT2D eigenvalue weighted by Gasteiger charge is 1.98. The number of rotatable bonds is 3. The van der Waals surface area contributed by atoms with Crippen molar-refractivity contribution in [2.75, 3.05) is 0 Å². The van der Waals surface area contributed by atoms with Gasteiger partial charge in [-0.05, 0) is 30.5 Å². The van der Waals surface area contributed by atoms with Crippen LogP contribution in [0.15, 0.2) is 53.5 Å². The van der Waals surface area contributed by atoms with E-state index in [-0.39, 0.29) is 0 Å². The first-order valence-electron chi connectivity index (χ1n) is 5.90. The molecule has 0 aliphatic carbocycles. The second-order valence-corrected chi connectivity index (χ2v) is 4.24. The molecule has 0 bridgehead atoms. The minimum absolute atomic E-state index is 0.884. The van der Waals surface area contributed by atoms with Crippen molar-refractivity contribution in [3.8, 4) is 0 Å². The molecule has 0 N–H and O–H groups in total. The number of aryl methyl sites for hydroxylation is 2. The van der Waals surface area contributed by atoms with Gasteiger partial charge in [0.2, 0.25) is 0 Å². The van der Waals surface area contributed by atoms with E-state index < -0.39 is 0 Å². The third kappa shape index (κ3) is 3.04. The van der Waals surface area contributed by atoms with Crippen LogP contribution >= 0.6 is 0 Å². The third-order valence-electron chi connectivity index (χ3n) is 2.83. The van der Waals surface area contributed by atoms with Gasteiger partial charge in [-0.3, -0.25) is 4.99 Å². The minimum atomic E-state index is 0.884. The fourth-order valence-electron chi connectivity index (χ4n) is 1.87. The standard InChI is InChI=1S/C16H17N/c1-13-7-6-8-14(2)16(13)17-12-11-15-9-4-3-5-10-15/h3-10,12H,11H2,1-2H3. The van der Waals surface area contributed by atoms with Crippen LogP contribution in [-0.2, 0) is 6.42 Å². The van der Waals surface area contributed by atoms with Crippen molar-refractivity contribution >= 4 is 11.9 Å². The highest BCUT2D eigenvalue weighted by atomic mass is 14.7. The van der Waals surface area contributed by atoms with Gasteiger partial charge in [-0.25, -0.2) is 0 Å². The second kappa shape index (κ2) is 5.44. The molecular formula is C16H17N. The van der Waals surface area contributed by atoms with E-state index in [1.807, 2.05) is 12.3 Å². The largest absolute Gasteiger partial charge is 0.260 e. The molecule has 0 heterocycles. The average Bonchev–Trinajstić information content (AvgIpc) is 2.34. The quantitative estimate of drug-likeness (QED) is 0.690. The molecule has 0 aliphatic heterocycles. The number of hydrogen-bond donors (Lipinski definition) is 0. The smallest absolute Gasteiger partial charge is 0.0684 e. The molecule has 17 heavy (non-hydrogen) atoms. The lowest BCUT2D eigenvalue weighted by atomic mass is 10.1. The third-order valence-corrected chi connectivity index (χ3v) is 2.83. The summed E-state index contributed by atoms with van der Waals surface area (Å²) in [6.45, 7) is 4.20. The van der Waals surface area contributed by atoms with Gasteiger partial charge >= 0.3 is 0 Å². The molecule has 0 saturated carbocycles. The van der Waals surface area contributed by atoms with Crippen molar-refractivity contribution in [1.82, 2.24) is 0 Å². The van der Waals surface area contributed by atoms with Gasteiger partial charge in [0.25, 0.3) is 0 Å². The molecule has 0 radical (unpaired) electrons. The summed E-state index contributed by atoms with van der Waals surface area (Å²) in [5.74, 6) is 0. The van der Waals surface area contributed by atoms with E-state index in [1.54, 1.807) is 0 Å². The predicted octanol–water partition coefficient (Wildman–Crippen LogP) is 4.25. The fraction of sp³-hybridized carbons (Fsp3) is 0.188. The van der Waals surface area contributed by atoms with Gasteiger partial charge in [-0.2, -0.15) is 0 Å². The summed E-state index contributed by atoms with van der Waals surface area (Å²) in [7, 11) is 0. The molecule has 0 aromatic heterocycles. The molecule has 1 heteroatoms. The van der Waals surface area contributed by atoms with E-state index >= 15 is 0 Å². The number of benzene rings is 2. The number of para-hydroxylation sites is 1. The van der Waals surface area contributed by atoms with Crippen LogP contribution in [0.25, 0.3) is 0 Å². The van der Waals surface area contributed by atoms with Crippen LogP contribution in [0.4, 0.5) is 5.69 Å². The maximum absolute atomic E-state index is 4.58. The van der Waals surface area contributed by atoms with Crippen LogP contribution in [0.3, 0.4) is 0 Å². The fourth-order valence-corrected chi connectivity index (χ4v) is 1.87. The molecule has 0 unspecified atom stereocenters. The molecule has 0 spiro atoms. The Hall–Kier alpha value is -1.89. The first kappa shape index (κ1) is 11.6. The van der Waals surface area contributed by atoms with Gasteiger partial charge in [0.15, 0.2) is 0 Å². The van der Waals surface area contributed by atoms with Crippen LogP contribution < -0.4 is 0 Å². The molecule has 86 valence electrons. The summed E-state index contributed by atoms with van der Waals surface area (Å²) in [6, 6.07) is 16.7. The molecule has 0 amide bonds. The lowest BCUT2D eigenvalue weighted by Gasteiger charge is -2.03. The lowest BCUT2D eigenvalue weighted by molar-refractivity contribution is 1.30. The van der Waals surface area contributed by atoms with E-state index in [0.717, 1.165) is 12.1 Å². The first-order valence-corrected chi connectivity index (χ1v) is 5.90. The summed E-state index contributed by atoms with van der Waals surface area (Å²) in [6.07, 6.45) is 2.87. The van der Waals surface area contributed by atoms with E-state index in [0.29, 0.717) is 0 Å². The Morgan fingerprint density at radius 3 is 2.18 bits per heavy atom. The van der Waals surface area contributed by atoms with E-state index in [1.165, 1.54) is 16.7 Å². The summed E-state index contributed by atoms with van der Waals surface area (Å²) >= 11 is 0. The zero-order valence-corrected chi connectivity index (χ0v) is 10.4. The van der Waals surface area contributed by atoms with Crippen molar-refractivity contribution in [2.45, 2.75) is 20.3 Å². The Balaban J connectivity index is 2.11. The Labute approximate surface area is 103 Å².